The lowest BCUT2D eigenvalue weighted by molar-refractivity contribution is -0.136. The summed E-state index contributed by atoms with van der Waals surface area (Å²) in [4.78, 5) is 28.3. The van der Waals surface area contributed by atoms with Gasteiger partial charge in [-0.25, -0.2) is 4.79 Å². The molecule has 2 N–H and O–H groups in total. The Bertz CT molecular complexity index is 416. The lowest BCUT2D eigenvalue weighted by atomic mass is 10.00. The molecule has 1 saturated heterocycles. The van der Waals surface area contributed by atoms with E-state index in [1.165, 1.54) is 0 Å². The first-order chi connectivity index (χ1) is 10.5. The van der Waals surface area contributed by atoms with Crippen LogP contribution in [0.4, 0.5) is 4.79 Å². The minimum atomic E-state index is -0.530. The Morgan fingerprint density at radius 2 is 1.87 bits per heavy atom. The molecule has 0 aromatic carbocycles. The van der Waals surface area contributed by atoms with Gasteiger partial charge >= 0.3 is 6.09 Å². The van der Waals surface area contributed by atoms with Crippen LogP contribution in [0.15, 0.2) is 0 Å². The molecule has 1 heterocycles. The summed E-state index contributed by atoms with van der Waals surface area (Å²) in [6.45, 7) is 12.4. The first-order valence-electron chi connectivity index (χ1n) is 8.58. The van der Waals surface area contributed by atoms with Gasteiger partial charge in [-0.3, -0.25) is 4.79 Å². The maximum absolute atomic E-state index is 12.5. The van der Waals surface area contributed by atoms with Gasteiger partial charge in [0.15, 0.2) is 0 Å². The van der Waals surface area contributed by atoms with Gasteiger partial charge in [-0.05, 0) is 60.8 Å². The molecule has 1 aliphatic heterocycles. The summed E-state index contributed by atoms with van der Waals surface area (Å²) >= 11 is 0. The second-order valence-corrected chi connectivity index (χ2v) is 7.70. The van der Waals surface area contributed by atoms with E-state index in [-0.39, 0.29) is 24.1 Å². The number of nitrogens with two attached hydrogens (primary N) is 1. The lowest BCUT2D eigenvalue weighted by Crippen LogP contribution is -2.55. The maximum atomic E-state index is 12.5. The highest BCUT2D eigenvalue weighted by Crippen LogP contribution is 2.21. The van der Waals surface area contributed by atoms with Crippen molar-refractivity contribution in [2.24, 2.45) is 5.73 Å². The molecule has 0 radical (unpaired) electrons. The molecule has 0 aromatic rings. The van der Waals surface area contributed by atoms with E-state index < -0.39 is 11.6 Å². The number of carbonyl (C=O) groups is 2. The Kier molecular flexibility index (Phi) is 6.86. The molecule has 1 rings (SSSR count). The van der Waals surface area contributed by atoms with Crippen molar-refractivity contribution in [3.8, 4) is 0 Å². The van der Waals surface area contributed by atoms with Crippen LogP contribution in [0.2, 0.25) is 0 Å². The van der Waals surface area contributed by atoms with Gasteiger partial charge in [0.2, 0.25) is 5.91 Å². The Hall–Kier alpha value is -1.30. The molecule has 6 nitrogen and oxygen atoms in total. The van der Waals surface area contributed by atoms with Crippen LogP contribution in [0.25, 0.3) is 0 Å². The van der Waals surface area contributed by atoms with Crippen LogP contribution in [-0.4, -0.2) is 58.6 Å². The summed E-state index contributed by atoms with van der Waals surface area (Å²) in [6, 6.07) is -0.485. The summed E-state index contributed by atoms with van der Waals surface area (Å²) in [5, 5.41) is 0. The van der Waals surface area contributed by atoms with Gasteiger partial charge in [0, 0.05) is 25.2 Å². The Morgan fingerprint density at radius 3 is 2.35 bits per heavy atom. The largest absolute Gasteiger partial charge is 0.444 e. The van der Waals surface area contributed by atoms with Crippen molar-refractivity contribution in [1.29, 1.82) is 0 Å². The highest BCUT2D eigenvalue weighted by Gasteiger charge is 2.33. The third kappa shape index (κ3) is 6.01. The van der Waals surface area contributed by atoms with Gasteiger partial charge in [-0.2, -0.15) is 0 Å². The molecule has 134 valence electrons. The van der Waals surface area contributed by atoms with Crippen molar-refractivity contribution in [1.82, 2.24) is 9.80 Å². The van der Waals surface area contributed by atoms with Gasteiger partial charge in [0.25, 0.3) is 0 Å². The third-order valence-corrected chi connectivity index (χ3v) is 3.96. The molecule has 0 aliphatic carbocycles. The standard InChI is InChI=1S/C17H33N3O3/c1-12(2)20(16(22)23-17(4,5)6)11-14-9-7-8-10-19(14)15(21)13(3)18/h12-14H,7-11,18H2,1-6H3/t13-,14?/m0/s1. The van der Waals surface area contributed by atoms with Crippen LogP contribution in [0.3, 0.4) is 0 Å². The molecule has 6 heteroatoms. The van der Waals surface area contributed by atoms with Gasteiger partial charge in [-0.1, -0.05) is 0 Å². The quantitative estimate of drug-likeness (QED) is 0.860. The molecule has 0 aromatic heterocycles. The number of carbonyl (C=O) groups excluding carboxylic acids is 2. The predicted molar refractivity (Wildman–Crippen MR) is 91.1 cm³/mol. The molecule has 2 atom stereocenters. The van der Waals surface area contributed by atoms with Gasteiger partial charge < -0.3 is 20.3 Å². The average Bonchev–Trinajstić information content (AvgIpc) is 2.41. The van der Waals surface area contributed by atoms with Crippen LogP contribution in [0.5, 0.6) is 0 Å². The molecule has 1 aliphatic rings. The average molecular weight is 327 g/mol. The van der Waals surface area contributed by atoms with Crippen molar-refractivity contribution in [3.63, 3.8) is 0 Å². The van der Waals surface area contributed by atoms with E-state index in [1.807, 2.05) is 39.5 Å². The number of piperidine rings is 1. The summed E-state index contributed by atoms with van der Waals surface area (Å²) in [5.74, 6) is -0.0393. The fourth-order valence-electron chi connectivity index (χ4n) is 2.79. The van der Waals surface area contributed by atoms with E-state index in [9.17, 15) is 9.59 Å². The Labute approximate surface area is 140 Å². The molecule has 2 amide bonds. The number of amides is 2. The predicted octanol–water partition coefficient (Wildman–Crippen LogP) is 2.36. The smallest absolute Gasteiger partial charge is 0.410 e. The van der Waals surface area contributed by atoms with E-state index >= 15 is 0 Å². The molecule has 0 bridgehead atoms. The summed E-state index contributed by atoms with van der Waals surface area (Å²) < 4.78 is 5.50. The van der Waals surface area contributed by atoms with E-state index in [0.29, 0.717) is 13.1 Å². The Balaban J connectivity index is 2.84. The zero-order chi connectivity index (χ0) is 17.8. The molecule has 1 fully saturated rings. The summed E-state index contributed by atoms with van der Waals surface area (Å²) in [6.07, 6.45) is 2.62. The maximum Gasteiger partial charge on any atom is 0.410 e. The molecular formula is C17H33N3O3. The summed E-state index contributed by atoms with van der Waals surface area (Å²) in [7, 11) is 0. The van der Waals surface area contributed by atoms with Crippen LogP contribution in [-0.2, 0) is 9.53 Å². The fourth-order valence-corrected chi connectivity index (χ4v) is 2.79. The van der Waals surface area contributed by atoms with E-state index in [4.69, 9.17) is 10.5 Å². The van der Waals surface area contributed by atoms with Gasteiger partial charge in [0.1, 0.15) is 5.60 Å². The molecule has 0 saturated carbocycles. The summed E-state index contributed by atoms with van der Waals surface area (Å²) in [5.41, 5.74) is 5.24. The monoisotopic (exact) mass is 327 g/mol. The number of hydrogen-bond acceptors (Lipinski definition) is 4. The molecular weight excluding hydrogens is 294 g/mol. The third-order valence-electron chi connectivity index (χ3n) is 3.96. The van der Waals surface area contributed by atoms with E-state index in [0.717, 1.165) is 19.3 Å². The first-order valence-corrected chi connectivity index (χ1v) is 8.58. The highest BCUT2D eigenvalue weighted by atomic mass is 16.6. The number of rotatable bonds is 4. The van der Waals surface area contributed by atoms with Gasteiger partial charge in [0.05, 0.1) is 6.04 Å². The van der Waals surface area contributed by atoms with Gasteiger partial charge in [-0.15, -0.1) is 0 Å². The highest BCUT2D eigenvalue weighted by molar-refractivity contribution is 5.81. The van der Waals surface area contributed by atoms with Crippen molar-refractivity contribution in [2.75, 3.05) is 13.1 Å². The number of nitrogens with zero attached hydrogens (tertiary/aromatic N) is 2. The van der Waals surface area contributed by atoms with Crippen LogP contribution < -0.4 is 5.73 Å². The van der Waals surface area contributed by atoms with Crippen molar-refractivity contribution in [2.45, 2.75) is 84.5 Å². The minimum absolute atomic E-state index is 0.0113. The number of hydrogen-bond donors (Lipinski definition) is 1. The fraction of sp³-hybridized carbons (Fsp3) is 0.882. The second-order valence-electron chi connectivity index (χ2n) is 7.70. The van der Waals surface area contributed by atoms with Crippen molar-refractivity contribution >= 4 is 12.0 Å². The van der Waals surface area contributed by atoms with Crippen molar-refractivity contribution < 1.29 is 14.3 Å². The first kappa shape index (κ1) is 19.7. The lowest BCUT2D eigenvalue weighted by Gasteiger charge is -2.40. The zero-order valence-corrected chi connectivity index (χ0v) is 15.5. The molecule has 0 spiro atoms. The number of likely N-dealkylation sites (tertiary alicyclic amines) is 1. The molecule has 1 unspecified atom stereocenters. The molecule has 23 heavy (non-hydrogen) atoms. The topological polar surface area (TPSA) is 75.9 Å². The van der Waals surface area contributed by atoms with E-state index in [2.05, 4.69) is 0 Å². The zero-order valence-electron chi connectivity index (χ0n) is 15.5. The SMILES string of the molecule is CC(C)N(CC1CCCCN1C(=O)[C@H](C)N)C(=O)OC(C)(C)C. The van der Waals surface area contributed by atoms with Crippen LogP contribution in [0.1, 0.15) is 60.8 Å². The van der Waals surface area contributed by atoms with E-state index in [1.54, 1.807) is 11.8 Å². The van der Waals surface area contributed by atoms with Crippen LogP contribution >= 0.6 is 0 Å². The van der Waals surface area contributed by atoms with Crippen molar-refractivity contribution in [3.05, 3.63) is 0 Å². The van der Waals surface area contributed by atoms with Crippen LogP contribution in [0, 0.1) is 0 Å². The normalized spacial score (nSPS) is 20.3. The number of ether oxygens (including phenoxy) is 1. The minimum Gasteiger partial charge on any atom is -0.444 e. The Morgan fingerprint density at radius 1 is 1.26 bits per heavy atom. The second kappa shape index (κ2) is 7.99.